The van der Waals surface area contributed by atoms with Crippen LogP contribution < -0.4 is 5.32 Å². The Hall–Kier alpha value is -1.96. The van der Waals surface area contributed by atoms with E-state index < -0.39 is 23.3 Å². The van der Waals surface area contributed by atoms with Crippen molar-refractivity contribution in [3.05, 3.63) is 41.7 Å². The number of carbonyl (C=O) groups excluding carboxylic acids is 1. The third-order valence-electron chi connectivity index (χ3n) is 5.28. The molecule has 1 aromatic heterocycles. The van der Waals surface area contributed by atoms with Crippen LogP contribution in [0, 0.1) is 5.41 Å². The largest absolute Gasteiger partial charge is 0.420 e. The molecule has 1 aliphatic carbocycles. The quantitative estimate of drug-likeness (QED) is 0.628. The van der Waals surface area contributed by atoms with Gasteiger partial charge in [0.05, 0.1) is 6.20 Å². The van der Waals surface area contributed by atoms with E-state index in [0.29, 0.717) is 12.2 Å². The number of hydrogen-bond donors (Lipinski definition) is 1. The van der Waals surface area contributed by atoms with Crippen LogP contribution in [0.5, 0.6) is 0 Å². The topological polar surface area (TPSA) is 46.9 Å². The van der Waals surface area contributed by atoms with Crippen LogP contribution in [0.2, 0.25) is 0 Å². The molecule has 0 atom stereocenters. The fourth-order valence-corrected chi connectivity index (χ4v) is 4.23. The van der Waals surface area contributed by atoms with E-state index in [1.165, 1.54) is 16.4 Å². The van der Waals surface area contributed by atoms with Gasteiger partial charge in [-0.05, 0) is 42.7 Å². The molecule has 0 unspecified atom stereocenters. The highest BCUT2D eigenvalue weighted by Crippen LogP contribution is 2.39. The Bertz CT molecular complexity index is 841. The van der Waals surface area contributed by atoms with Gasteiger partial charge < -0.3 is 5.32 Å². The Morgan fingerprint density at radius 3 is 2.64 bits per heavy atom. The summed E-state index contributed by atoms with van der Waals surface area (Å²) in [4.78, 5) is 13.7. The average molecular weight is 411 g/mol. The maximum absolute atomic E-state index is 13.5. The number of aromatic nitrogens is 2. The van der Waals surface area contributed by atoms with Gasteiger partial charge in [0.25, 0.3) is 5.91 Å². The van der Waals surface area contributed by atoms with Crippen LogP contribution in [-0.4, -0.2) is 21.9 Å². The van der Waals surface area contributed by atoms with Crippen molar-refractivity contribution in [3.8, 4) is 0 Å². The molecule has 0 bridgehead atoms. The number of halogens is 3. The third kappa shape index (κ3) is 4.71. The molecule has 1 aliphatic rings. The molecular weight excluding hydrogens is 387 g/mol. The lowest BCUT2D eigenvalue weighted by atomic mass is 9.76. The number of nitrogens with zero attached hydrogens (tertiary/aromatic N) is 2. The number of rotatable bonds is 5. The highest BCUT2D eigenvalue weighted by atomic mass is 32.2. The van der Waals surface area contributed by atoms with Crippen LogP contribution in [0.4, 0.5) is 18.9 Å². The Balaban J connectivity index is 1.92. The number of alkyl halides is 3. The third-order valence-corrected chi connectivity index (χ3v) is 6.01. The Kier molecular flexibility index (Phi) is 6.07. The Labute approximate surface area is 166 Å². The molecule has 0 saturated heterocycles. The molecule has 1 heterocycles. The lowest BCUT2D eigenvalue weighted by Crippen LogP contribution is -2.30. The van der Waals surface area contributed by atoms with Crippen molar-refractivity contribution in [2.24, 2.45) is 5.41 Å². The van der Waals surface area contributed by atoms with Crippen LogP contribution in [0.25, 0.3) is 0 Å². The van der Waals surface area contributed by atoms with Gasteiger partial charge in [-0.2, -0.15) is 18.3 Å². The summed E-state index contributed by atoms with van der Waals surface area (Å²) in [5, 5.41) is 6.56. The van der Waals surface area contributed by atoms with Crippen molar-refractivity contribution >= 4 is 23.4 Å². The first-order valence-electron chi connectivity index (χ1n) is 9.30. The molecule has 0 aliphatic heterocycles. The fraction of sp³-hybridized carbons (Fsp3) is 0.500. The molecule has 4 nitrogen and oxygen atoms in total. The van der Waals surface area contributed by atoms with Crippen LogP contribution in [0.1, 0.15) is 55.1 Å². The summed E-state index contributed by atoms with van der Waals surface area (Å²) in [5.74, 6) is -0.789. The second-order valence-corrected chi connectivity index (χ2v) is 8.50. The van der Waals surface area contributed by atoms with Crippen molar-refractivity contribution in [1.29, 1.82) is 0 Å². The maximum Gasteiger partial charge on any atom is 0.420 e. The van der Waals surface area contributed by atoms with Gasteiger partial charge >= 0.3 is 6.18 Å². The number of benzene rings is 1. The zero-order valence-corrected chi connectivity index (χ0v) is 16.8. The summed E-state index contributed by atoms with van der Waals surface area (Å²) < 4.78 is 41.8. The van der Waals surface area contributed by atoms with Crippen molar-refractivity contribution < 1.29 is 18.0 Å². The molecule has 8 heteroatoms. The van der Waals surface area contributed by atoms with Gasteiger partial charge in [-0.25, -0.2) is 0 Å². The molecule has 0 spiro atoms. The molecular formula is C20H24F3N3OS. The van der Waals surface area contributed by atoms with Crippen molar-refractivity contribution in [2.75, 3.05) is 11.6 Å². The van der Waals surface area contributed by atoms with Crippen molar-refractivity contribution in [3.63, 3.8) is 0 Å². The highest BCUT2D eigenvalue weighted by molar-refractivity contribution is 7.98. The molecule has 2 aromatic rings. The van der Waals surface area contributed by atoms with Gasteiger partial charge in [-0.15, -0.1) is 11.8 Å². The fourth-order valence-electron chi connectivity index (χ4n) is 3.77. The van der Waals surface area contributed by atoms with E-state index in [2.05, 4.69) is 17.3 Å². The standard InChI is InChI=1S/C20H24F3N3OS/c1-19(9-4-3-5-10-19)13-26-17(16(12-24-26)20(21,22)23)18(27)25-14-7-6-8-15(11-14)28-2/h6-8,11-12H,3-5,9-10,13H2,1-2H3,(H,25,27). The maximum atomic E-state index is 13.5. The lowest BCUT2D eigenvalue weighted by molar-refractivity contribution is -0.138. The monoisotopic (exact) mass is 411 g/mol. The van der Waals surface area contributed by atoms with Gasteiger partial charge in [0.1, 0.15) is 11.3 Å². The van der Waals surface area contributed by atoms with E-state index in [1.54, 1.807) is 18.2 Å². The second-order valence-electron chi connectivity index (χ2n) is 7.62. The predicted octanol–water partition coefficient (Wildman–Crippen LogP) is 5.85. The molecule has 1 N–H and O–H groups in total. The molecule has 1 saturated carbocycles. The van der Waals surface area contributed by atoms with Gasteiger partial charge in [-0.3, -0.25) is 9.48 Å². The number of hydrogen-bond acceptors (Lipinski definition) is 3. The summed E-state index contributed by atoms with van der Waals surface area (Å²) in [7, 11) is 0. The minimum atomic E-state index is -4.64. The molecule has 1 amide bonds. The number of anilines is 1. The van der Waals surface area contributed by atoms with Crippen molar-refractivity contribution in [1.82, 2.24) is 9.78 Å². The zero-order chi connectivity index (χ0) is 20.4. The number of amides is 1. The van der Waals surface area contributed by atoms with E-state index in [4.69, 9.17) is 0 Å². The first-order chi connectivity index (χ1) is 13.2. The van der Waals surface area contributed by atoms with E-state index in [0.717, 1.165) is 43.2 Å². The first kappa shape index (κ1) is 20.8. The summed E-state index contributed by atoms with van der Waals surface area (Å²) >= 11 is 1.49. The number of carbonyl (C=O) groups is 1. The highest BCUT2D eigenvalue weighted by Gasteiger charge is 2.40. The Morgan fingerprint density at radius 2 is 2.00 bits per heavy atom. The van der Waals surface area contributed by atoms with Crippen LogP contribution in [0.3, 0.4) is 0 Å². The van der Waals surface area contributed by atoms with Gasteiger partial charge in [-0.1, -0.05) is 32.3 Å². The minimum Gasteiger partial charge on any atom is -0.321 e. The zero-order valence-electron chi connectivity index (χ0n) is 16.0. The minimum absolute atomic E-state index is 0.152. The van der Waals surface area contributed by atoms with E-state index in [-0.39, 0.29) is 5.41 Å². The molecule has 152 valence electrons. The lowest BCUT2D eigenvalue weighted by Gasteiger charge is -2.33. The predicted molar refractivity (Wildman–Crippen MR) is 105 cm³/mol. The summed E-state index contributed by atoms with van der Waals surface area (Å²) in [6, 6.07) is 7.02. The Morgan fingerprint density at radius 1 is 1.29 bits per heavy atom. The van der Waals surface area contributed by atoms with E-state index >= 15 is 0 Å². The van der Waals surface area contributed by atoms with E-state index in [9.17, 15) is 18.0 Å². The average Bonchev–Trinajstić information content (AvgIpc) is 3.06. The van der Waals surface area contributed by atoms with Crippen molar-refractivity contribution in [2.45, 2.75) is 56.6 Å². The van der Waals surface area contributed by atoms with E-state index in [1.807, 2.05) is 12.3 Å². The van der Waals surface area contributed by atoms with Gasteiger partial charge in [0.15, 0.2) is 0 Å². The second kappa shape index (κ2) is 8.19. The van der Waals surface area contributed by atoms with Crippen LogP contribution >= 0.6 is 11.8 Å². The molecule has 3 rings (SSSR count). The van der Waals surface area contributed by atoms with Gasteiger partial charge in [0, 0.05) is 17.1 Å². The summed E-state index contributed by atoms with van der Waals surface area (Å²) in [6.07, 6.45) is 3.10. The summed E-state index contributed by atoms with van der Waals surface area (Å²) in [6.45, 7) is 2.36. The molecule has 1 fully saturated rings. The smallest absolute Gasteiger partial charge is 0.321 e. The molecule has 28 heavy (non-hydrogen) atoms. The number of thioether (sulfide) groups is 1. The normalized spacial score (nSPS) is 16.8. The number of nitrogens with one attached hydrogen (secondary N) is 1. The molecule has 1 aromatic carbocycles. The first-order valence-corrected chi connectivity index (χ1v) is 10.5. The summed E-state index contributed by atoms with van der Waals surface area (Å²) in [5.41, 5.74) is -1.11. The molecule has 0 radical (unpaired) electrons. The SMILES string of the molecule is CSc1cccc(NC(=O)c2c(C(F)(F)F)cnn2CC2(C)CCCCC2)c1. The van der Waals surface area contributed by atoms with Gasteiger partial charge in [0.2, 0.25) is 0 Å². The van der Waals surface area contributed by atoms with Crippen LogP contribution in [-0.2, 0) is 12.7 Å². The van der Waals surface area contributed by atoms with Crippen LogP contribution in [0.15, 0.2) is 35.4 Å².